The first-order valence-corrected chi connectivity index (χ1v) is 11.1. The number of rotatable bonds is 4. The maximum absolute atomic E-state index is 13.3. The van der Waals surface area contributed by atoms with Crippen molar-refractivity contribution < 1.29 is 14.4 Å². The molecule has 1 aliphatic carbocycles. The first-order valence-electron chi connectivity index (χ1n) is 9.47. The summed E-state index contributed by atoms with van der Waals surface area (Å²) in [7, 11) is 0. The predicted molar refractivity (Wildman–Crippen MR) is 118 cm³/mol. The van der Waals surface area contributed by atoms with Gasteiger partial charge in [0.1, 0.15) is 0 Å². The molecule has 0 radical (unpaired) electrons. The van der Waals surface area contributed by atoms with Crippen LogP contribution in [0.5, 0.6) is 0 Å². The van der Waals surface area contributed by atoms with Gasteiger partial charge in [-0.1, -0.05) is 63.1 Å². The first-order chi connectivity index (χ1) is 13.9. The molecule has 4 rings (SSSR count). The molecule has 2 unspecified atom stereocenters. The Hall–Kier alpha value is -2.05. The molecular weight excluding hydrogens is 498 g/mol. The fourth-order valence-electron chi connectivity index (χ4n) is 4.31. The van der Waals surface area contributed by atoms with Gasteiger partial charge in [-0.2, -0.15) is 0 Å². The van der Waals surface area contributed by atoms with Gasteiger partial charge in [0, 0.05) is 20.9 Å². The van der Waals surface area contributed by atoms with Crippen LogP contribution < -0.4 is 4.90 Å². The molecule has 0 aromatic heterocycles. The van der Waals surface area contributed by atoms with Crippen molar-refractivity contribution in [2.45, 2.75) is 13.3 Å². The van der Waals surface area contributed by atoms with Crippen molar-refractivity contribution in [3.63, 3.8) is 0 Å². The lowest BCUT2D eigenvalue weighted by Crippen LogP contribution is -2.33. The number of imide groups is 1. The molecule has 1 fully saturated rings. The summed E-state index contributed by atoms with van der Waals surface area (Å²) in [6, 6.07) is 14.4. The predicted octanol–water partition coefficient (Wildman–Crippen LogP) is 5.41. The number of carbonyl (C=O) groups excluding carboxylic acids is 3. The van der Waals surface area contributed by atoms with Crippen molar-refractivity contribution in [2.75, 3.05) is 4.90 Å². The van der Waals surface area contributed by atoms with Crippen molar-refractivity contribution in [3.05, 3.63) is 75.2 Å². The Bertz CT molecular complexity index is 1020. The molecule has 1 aliphatic heterocycles. The van der Waals surface area contributed by atoms with E-state index in [0.717, 1.165) is 8.95 Å². The molecule has 4 atom stereocenters. The second-order valence-corrected chi connectivity index (χ2v) is 9.42. The maximum Gasteiger partial charge on any atom is 0.238 e. The van der Waals surface area contributed by atoms with Crippen LogP contribution in [0.25, 0.3) is 0 Å². The van der Waals surface area contributed by atoms with Crippen LogP contribution >= 0.6 is 31.9 Å². The largest absolute Gasteiger partial charge is 0.294 e. The van der Waals surface area contributed by atoms with Crippen LogP contribution in [0.3, 0.4) is 0 Å². The van der Waals surface area contributed by atoms with Gasteiger partial charge in [0.25, 0.3) is 0 Å². The highest BCUT2D eigenvalue weighted by Crippen LogP contribution is 2.44. The van der Waals surface area contributed by atoms with Crippen molar-refractivity contribution in [2.24, 2.45) is 23.7 Å². The molecule has 2 aromatic rings. The highest BCUT2D eigenvalue weighted by Gasteiger charge is 2.54. The molecule has 2 aromatic carbocycles. The van der Waals surface area contributed by atoms with Gasteiger partial charge in [0.2, 0.25) is 11.8 Å². The van der Waals surface area contributed by atoms with Crippen LogP contribution in [0, 0.1) is 23.7 Å². The molecule has 0 N–H and O–H groups in total. The summed E-state index contributed by atoms with van der Waals surface area (Å²) in [6.07, 6.45) is 4.11. The smallest absolute Gasteiger partial charge is 0.238 e. The minimum Gasteiger partial charge on any atom is -0.294 e. The van der Waals surface area contributed by atoms with Crippen LogP contribution in [0.1, 0.15) is 23.7 Å². The van der Waals surface area contributed by atoms with Gasteiger partial charge in [0.15, 0.2) is 5.78 Å². The molecule has 1 heterocycles. The van der Waals surface area contributed by atoms with Crippen LogP contribution in [0.4, 0.5) is 5.69 Å². The maximum atomic E-state index is 13.3. The fourth-order valence-corrected chi connectivity index (χ4v) is 4.97. The third kappa shape index (κ3) is 3.76. The van der Waals surface area contributed by atoms with E-state index in [4.69, 9.17) is 0 Å². The summed E-state index contributed by atoms with van der Waals surface area (Å²) in [5, 5.41) is 0. The molecule has 0 saturated carbocycles. The zero-order chi connectivity index (χ0) is 20.7. The second kappa shape index (κ2) is 8.00. The van der Waals surface area contributed by atoms with E-state index in [2.05, 4.69) is 31.9 Å². The number of ketones is 1. The molecular formula is C23H19Br2NO3. The van der Waals surface area contributed by atoms with Crippen LogP contribution in [0.2, 0.25) is 0 Å². The van der Waals surface area contributed by atoms with E-state index in [1.165, 1.54) is 4.90 Å². The molecule has 4 nitrogen and oxygen atoms in total. The van der Waals surface area contributed by atoms with Crippen LogP contribution in [-0.2, 0) is 9.59 Å². The Kier molecular flexibility index (Phi) is 5.58. The number of allylic oxidation sites excluding steroid dienone is 2. The summed E-state index contributed by atoms with van der Waals surface area (Å²) in [4.78, 5) is 40.6. The number of benzene rings is 2. The highest BCUT2D eigenvalue weighted by molar-refractivity contribution is 9.10. The van der Waals surface area contributed by atoms with Gasteiger partial charge in [0.05, 0.1) is 17.5 Å². The van der Waals surface area contributed by atoms with Crippen LogP contribution in [-0.4, -0.2) is 17.6 Å². The van der Waals surface area contributed by atoms with Gasteiger partial charge < -0.3 is 0 Å². The minimum atomic E-state index is -0.512. The number of Topliss-reactive ketones (excluding diaryl/α,β-unsaturated/α-hetero) is 1. The lowest BCUT2D eigenvalue weighted by molar-refractivity contribution is -0.122. The zero-order valence-electron chi connectivity index (χ0n) is 15.7. The Morgan fingerprint density at radius 2 is 1.62 bits per heavy atom. The minimum absolute atomic E-state index is 0.0309. The van der Waals surface area contributed by atoms with E-state index >= 15 is 0 Å². The van der Waals surface area contributed by atoms with Crippen molar-refractivity contribution >= 4 is 55.1 Å². The molecule has 2 amide bonds. The number of nitrogens with zero attached hydrogens (tertiary/aromatic N) is 1. The Labute approximate surface area is 186 Å². The first kappa shape index (κ1) is 20.2. The van der Waals surface area contributed by atoms with E-state index < -0.39 is 11.8 Å². The standard InChI is InChI=1S/C23H19Br2NO3/c1-13-5-6-15(12-19(27)14-3-2-4-17(25)11-14)21-20(13)22(28)26(23(21)29)18-9-7-16(24)8-10-18/h2-11,13,15,20-21H,12H2,1H3/t13-,15-,20?,21?/m1/s1. The fraction of sp³-hybridized carbons (Fsp3) is 0.261. The van der Waals surface area contributed by atoms with Crippen molar-refractivity contribution in [1.29, 1.82) is 0 Å². The molecule has 1 saturated heterocycles. The number of carbonyl (C=O) groups is 3. The quantitative estimate of drug-likeness (QED) is 0.310. The molecule has 0 bridgehead atoms. The zero-order valence-corrected chi connectivity index (χ0v) is 18.9. The topological polar surface area (TPSA) is 54.5 Å². The molecule has 148 valence electrons. The Morgan fingerprint density at radius 3 is 2.31 bits per heavy atom. The van der Waals surface area contributed by atoms with Gasteiger partial charge in [-0.05, 0) is 48.2 Å². The average molecular weight is 517 g/mol. The van der Waals surface area contributed by atoms with Gasteiger partial charge >= 0.3 is 0 Å². The van der Waals surface area contributed by atoms with E-state index in [-0.39, 0.29) is 35.9 Å². The number of fused-ring (bicyclic) bond motifs is 1. The highest BCUT2D eigenvalue weighted by atomic mass is 79.9. The monoisotopic (exact) mass is 515 g/mol. The lowest BCUT2D eigenvalue weighted by Gasteiger charge is -2.29. The Morgan fingerprint density at radius 1 is 0.931 bits per heavy atom. The third-order valence-electron chi connectivity index (χ3n) is 5.74. The molecule has 0 spiro atoms. The average Bonchev–Trinajstić information content (AvgIpc) is 2.96. The van der Waals surface area contributed by atoms with E-state index in [1.54, 1.807) is 24.3 Å². The number of hydrogen-bond acceptors (Lipinski definition) is 3. The van der Waals surface area contributed by atoms with Gasteiger partial charge in [-0.15, -0.1) is 0 Å². The summed E-state index contributed by atoms with van der Waals surface area (Å²) < 4.78 is 1.72. The number of halogens is 2. The molecule has 29 heavy (non-hydrogen) atoms. The van der Waals surface area contributed by atoms with Crippen molar-refractivity contribution in [3.8, 4) is 0 Å². The number of amides is 2. The lowest BCUT2D eigenvalue weighted by atomic mass is 9.70. The van der Waals surface area contributed by atoms with E-state index in [0.29, 0.717) is 11.3 Å². The number of hydrogen-bond donors (Lipinski definition) is 0. The summed E-state index contributed by atoms with van der Waals surface area (Å²) in [5.74, 6) is -1.71. The van der Waals surface area contributed by atoms with Gasteiger partial charge in [-0.25, -0.2) is 0 Å². The molecule has 2 aliphatic rings. The van der Waals surface area contributed by atoms with Crippen LogP contribution in [0.15, 0.2) is 69.6 Å². The SMILES string of the molecule is C[C@@H]1C=C[C@H](CC(=O)c2cccc(Br)c2)C2C(=O)N(c3ccc(Br)cc3)C(=O)C21. The van der Waals surface area contributed by atoms with E-state index in [1.807, 2.05) is 43.3 Å². The van der Waals surface area contributed by atoms with Gasteiger partial charge in [-0.3, -0.25) is 19.3 Å². The van der Waals surface area contributed by atoms with Crippen molar-refractivity contribution in [1.82, 2.24) is 0 Å². The summed E-state index contributed by atoms with van der Waals surface area (Å²) in [6.45, 7) is 1.96. The summed E-state index contributed by atoms with van der Waals surface area (Å²) in [5.41, 5.74) is 1.17. The normalized spacial score (nSPS) is 26.0. The third-order valence-corrected chi connectivity index (χ3v) is 6.76. The molecule has 6 heteroatoms. The number of anilines is 1. The second-order valence-electron chi connectivity index (χ2n) is 7.59. The summed E-state index contributed by atoms with van der Waals surface area (Å²) >= 11 is 6.77. The van der Waals surface area contributed by atoms with E-state index in [9.17, 15) is 14.4 Å². The Balaban J connectivity index is 1.63.